The summed E-state index contributed by atoms with van der Waals surface area (Å²) < 4.78 is 40.6. The van der Waals surface area contributed by atoms with E-state index in [0.29, 0.717) is 10.0 Å². The van der Waals surface area contributed by atoms with Crippen molar-refractivity contribution in [3.05, 3.63) is 58.3 Å². The first-order valence-corrected chi connectivity index (χ1v) is 7.87. The number of anilines is 1. The molecule has 2 N–H and O–H groups in total. The zero-order chi connectivity index (χ0) is 14.8. The van der Waals surface area contributed by atoms with Gasteiger partial charge in [0.05, 0.1) is 17.2 Å². The molecule has 7 heteroatoms. The minimum Gasteiger partial charge on any atom is -0.392 e. The molecule has 0 spiro atoms. The van der Waals surface area contributed by atoms with Gasteiger partial charge in [-0.3, -0.25) is 4.72 Å². The summed E-state index contributed by atoms with van der Waals surface area (Å²) in [6.45, 7) is -0.269. The Kier molecular flexibility index (Phi) is 4.42. The van der Waals surface area contributed by atoms with Gasteiger partial charge in [-0.05, 0) is 35.9 Å². The van der Waals surface area contributed by atoms with Gasteiger partial charge in [0, 0.05) is 4.47 Å². The molecule has 0 amide bonds. The third kappa shape index (κ3) is 3.36. The minimum atomic E-state index is -3.91. The Labute approximate surface area is 124 Å². The molecule has 0 aliphatic carbocycles. The summed E-state index contributed by atoms with van der Waals surface area (Å²) in [5.41, 5.74) is 0.316. The van der Waals surface area contributed by atoms with E-state index >= 15 is 0 Å². The molecule has 2 aromatic carbocycles. The molecule has 0 aliphatic rings. The zero-order valence-electron chi connectivity index (χ0n) is 10.2. The maximum Gasteiger partial charge on any atom is 0.261 e. The van der Waals surface area contributed by atoms with E-state index in [1.54, 1.807) is 6.07 Å². The highest BCUT2D eigenvalue weighted by Gasteiger charge is 2.16. The highest BCUT2D eigenvalue weighted by Crippen LogP contribution is 2.23. The largest absolute Gasteiger partial charge is 0.392 e. The Bertz CT molecular complexity index is 734. The molecule has 0 bridgehead atoms. The van der Waals surface area contributed by atoms with E-state index in [0.717, 1.165) is 6.07 Å². The molecule has 0 radical (unpaired) electrons. The standard InChI is InChI=1S/C13H11BrFNO3S/c14-10-4-5-12(15)13(7-10)16-20(18,19)11-3-1-2-9(6-11)8-17/h1-7,16-17H,8H2. The predicted octanol–water partition coefficient (Wildman–Crippen LogP) is 2.88. The number of hydrogen-bond donors (Lipinski definition) is 2. The number of sulfonamides is 1. The van der Waals surface area contributed by atoms with E-state index in [9.17, 15) is 12.8 Å². The fraction of sp³-hybridized carbons (Fsp3) is 0.0769. The molecular formula is C13H11BrFNO3S. The summed E-state index contributed by atoms with van der Waals surface area (Å²) in [4.78, 5) is -0.0385. The quantitative estimate of drug-likeness (QED) is 0.881. The van der Waals surface area contributed by atoms with E-state index < -0.39 is 15.8 Å². The Morgan fingerprint density at radius 2 is 1.95 bits per heavy atom. The molecule has 0 aliphatic heterocycles. The summed E-state index contributed by atoms with van der Waals surface area (Å²) in [6.07, 6.45) is 0. The zero-order valence-corrected chi connectivity index (χ0v) is 12.6. The van der Waals surface area contributed by atoms with Gasteiger partial charge in [-0.25, -0.2) is 12.8 Å². The molecule has 20 heavy (non-hydrogen) atoms. The maximum atomic E-state index is 13.6. The van der Waals surface area contributed by atoms with Crippen LogP contribution in [0.25, 0.3) is 0 Å². The lowest BCUT2D eigenvalue weighted by Crippen LogP contribution is -2.14. The Morgan fingerprint density at radius 3 is 2.65 bits per heavy atom. The van der Waals surface area contributed by atoms with Gasteiger partial charge in [-0.2, -0.15) is 0 Å². The van der Waals surface area contributed by atoms with Crippen molar-refractivity contribution in [1.29, 1.82) is 0 Å². The van der Waals surface area contributed by atoms with Crippen LogP contribution in [0.4, 0.5) is 10.1 Å². The van der Waals surface area contributed by atoms with E-state index in [4.69, 9.17) is 5.11 Å². The second-order valence-electron chi connectivity index (χ2n) is 4.04. The van der Waals surface area contributed by atoms with Gasteiger partial charge in [0.2, 0.25) is 0 Å². The first-order chi connectivity index (χ1) is 9.42. The van der Waals surface area contributed by atoms with Gasteiger partial charge in [0.1, 0.15) is 5.82 Å². The molecule has 0 saturated heterocycles. The Hall–Kier alpha value is -1.44. The molecule has 0 fully saturated rings. The summed E-state index contributed by atoms with van der Waals surface area (Å²) in [6, 6.07) is 9.78. The monoisotopic (exact) mass is 359 g/mol. The summed E-state index contributed by atoms with van der Waals surface area (Å²) in [5.74, 6) is -0.671. The number of hydrogen-bond acceptors (Lipinski definition) is 3. The Balaban J connectivity index is 2.38. The molecule has 0 unspecified atom stereocenters. The van der Waals surface area contributed by atoms with Crippen molar-refractivity contribution < 1.29 is 17.9 Å². The fourth-order valence-electron chi connectivity index (χ4n) is 1.59. The lowest BCUT2D eigenvalue weighted by atomic mass is 10.2. The maximum absolute atomic E-state index is 13.6. The van der Waals surface area contributed by atoms with Crippen molar-refractivity contribution >= 4 is 31.6 Å². The van der Waals surface area contributed by atoms with Crippen molar-refractivity contribution in [3.63, 3.8) is 0 Å². The molecule has 106 valence electrons. The van der Waals surface area contributed by atoms with Crippen LogP contribution < -0.4 is 4.72 Å². The van der Waals surface area contributed by atoms with Crippen molar-refractivity contribution in [1.82, 2.24) is 0 Å². The molecule has 0 atom stereocenters. The number of aliphatic hydroxyl groups excluding tert-OH is 1. The minimum absolute atomic E-state index is 0.0385. The van der Waals surface area contributed by atoms with Crippen molar-refractivity contribution in [2.75, 3.05) is 4.72 Å². The van der Waals surface area contributed by atoms with Crippen molar-refractivity contribution in [2.45, 2.75) is 11.5 Å². The van der Waals surface area contributed by atoms with Crippen molar-refractivity contribution in [2.24, 2.45) is 0 Å². The van der Waals surface area contributed by atoms with Crippen LogP contribution in [-0.2, 0) is 16.6 Å². The van der Waals surface area contributed by atoms with Gasteiger partial charge in [0.25, 0.3) is 10.0 Å². The van der Waals surface area contributed by atoms with Crippen molar-refractivity contribution in [3.8, 4) is 0 Å². The molecule has 0 heterocycles. The lowest BCUT2D eigenvalue weighted by molar-refractivity contribution is 0.281. The van der Waals surface area contributed by atoms with Gasteiger partial charge < -0.3 is 5.11 Å². The van der Waals surface area contributed by atoms with Crippen LogP contribution in [-0.4, -0.2) is 13.5 Å². The third-order valence-electron chi connectivity index (χ3n) is 2.56. The van der Waals surface area contributed by atoms with Crippen LogP contribution in [0.15, 0.2) is 51.8 Å². The third-order valence-corrected chi connectivity index (χ3v) is 4.42. The molecule has 2 aromatic rings. The van der Waals surface area contributed by atoms with Crippen LogP contribution in [0.1, 0.15) is 5.56 Å². The highest BCUT2D eigenvalue weighted by atomic mass is 79.9. The Morgan fingerprint density at radius 1 is 1.20 bits per heavy atom. The molecular weight excluding hydrogens is 349 g/mol. The van der Waals surface area contributed by atoms with Crippen LogP contribution in [0.5, 0.6) is 0 Å². The molecule has 0 saturated carbocycles. The smallest absolute Gasteiger partial charge is 0.261 e. The van der Waals surface area contributed by atoms with Gasteiger partial charge in [-0.15, -0.1) is 0 Å². The van der Waals surface area contributed by atoms with E-state index in [1.807, 2.05) is 0 Å². The first-order valence-electron chi connectivity index (χ1n) is 5.60. The van der Waals surface area contributed by atoms with Gasteiger partial charge in [0.15, 0.2) is 0 Å². The number of halogens is 2. The van der Waals surface area contributed by atoms with E-state index in [1.165, 1.54) is 30.3 Å². The van der Waals surface area contributed by atoms with Crippen LogP contribution in [0.2, 0.25) is 0 Å². The predicted molar refractivity (Wildman–Crippen MR) is 77.3 cm³/mol. The summed E-state index contributed by atoms with van der Waals surface area (Å²) >= 11 is 3.15. The second kappa shape index (κ2) is 5.90. The summed E-state index contributed by atoms with van der Waals surface area (Å²) in [7, 11) is -3.91. The summed E-state index contributed by atoms with van der Waals surface area (Å²) in [5, 5.41) is 9.02. The number of nitrogens with one attached hydrogen (secondary N) is 1. The lowest BCUT2D eigenvalue weighted by Gasteiger charge is -2.10. The SMILES string of the molecule is O=S(=O)(Nc1cc(Br)ccc1F)c1cccc(CO)c1. The highest BCUT2D eigenvalue weighted by molar-refractivity contribution is 9.10. The van der Waals surface area contributed by atoms with E-state index in [2.05, 4.69) is 20.7 Å². The van der Waals surface area contributed by atoms with Crippen LogP contribution in [0, 0.1) is 5.82 Å². The molecule has 0 aromatic heterocycles. The fourth-order valence-corrected chi connectivity index (χ4v) is 3.08. The van der Waals surface area contributed by atoms with Gasteiger partial charge in [-0.1, -0.05) is 28.1 Å². The molecule has 4 nitrogen and oxygen atoms in total. The van der Waals surface area contributed by atoms with E-state index in [-0.39, 0.29) is 17.2 Å². The topological polar surface area (TPSA) is 66.4 Å². The second-order valence-corrected chi connectivity index (χ2v) is 6.63. The number of rotatable bonds is 4. The normalized spacial score (nSPS) is 11.3. The average Bonchev–Trinajstić information content (AvgIpc) is 2.43. The number of benzene rings is 2. The average molecular weight is 360 g/mol. The van der Waals surface area contributed by atoms with Gasteiger partial charge >= 0.3 is 0 Å². The van der Waals surface area contributed by atoms with Crippen LogP contribution in [0.3, 0.4) is 0 Å². The first kappa shape index (κ1) is 15.0. The van der Waals surface area contributed by atoms with Crippen LogP contribution >= 0.6 is 15.9 Å². The molecule has 2 rings (SSSR count). The number of aliphatic hydroxyl groups is 1.